The molecule has 0 aromatic heterocycles. The van der Waals surface area contributed by atoms with Crippen molar-refractivity contribution in [2.24, 2.45) is 11.5 Å². The van der Waals surface area contributed by atoms with Crippen LogP contribution in [0.1, 0.15) is 6.92 Å². The molecule has 78 valence electrons. The molecule has 0 heterocycles. The van der Waals surface area contributed by atoms with Crippen LogP contribution in [0.4, 0.5) is 0 Å². The summed E-state index contributed by atoms with van der Waals surface area (Å²) in [6.07, 6.45) is 0. The quantitative estimate of drug-likeness (QED) is 0.342. The van der Waals surface area contributed by atoms with Crippen LogP contribution in [-0.2, 0) is 9.59 Å². The Labute approximate surface area is 75.0 Å². The topological polar surface area (TPSA) is 147 Å². The minimum atomic E-state index is -1.18. The third kappa shape index (κ3) is 10.8. The lowest BCUT2D eigenvalue weighted by molar-refractivity contribution is -0.139. The summed E-state index contributed by atoms with van der Waals surface area (Å²) in [5, 5.41) is 23.8. The molecule has 7 heteroatoms. The minimum Gasteiger partial charge on any atom is -0.480 e. The molecule has 7 nitrogen and oxygen atoms in total. The van der Waals surface area contributed by atoms with Gasteiger partial charge in [-0.05, 0) is 6.92 Å². The monoisotopic (exact) mass is 194 g/mol. The van der Waals surface area contributed by atoms with Gasteiger partial charge in [-0.1, -0.05) is 0 Å². The number of aliphatic carboxylic acids is 2. The first kappa shape index (κ1) is 14.3. The summed E-state index contributed by atoms with van der Waals surface area (Å²) in [6.45, 7) is 0.914. The number of hydrogen-bond donors (Lipinski definition) is 5. The van der Waals surface area contributed by atoms with Crippen LogP contribution in [0.2, 0.25) is 0 Å². The fourth-order valence-corrected chi connectivity index (χ4v) is 0.0781. The van der Waals surface area contributed by atoms with Gasteiger partial charge in [0.2, 0.25) is 0 Å². The zero-order valence-electron chi connectivity index (χ0n) is 7.17. The number of hydrogen-bond acceptors (Lipinski definition) is 5. The number of carbonyl (C=O) groups is 2. The van der Waals surface area contributed by atoms with Gasteiger partial charge in [0.05, 0.1) is 6.61 Å². The summed E-state index contributed by atoms with van der Waals surface area (Å²) >= 11 is 0. The van der Waals surface area contributed by atoms with E-state index in [1.165, 1.54) is 6.92 Å². The molecule has 13 heavy (non-hydrogen) atoms. The predicted octanol–water partition coefficient (Wildman–Crippen LogP) is -2.19. The second-order valence-electron chi connectivity index (χ2n) is 2.25. The summed E-state index contributed by atoms with van der Waals surface area (Å²) in [6, 6.07) is -1.86. The van der Waals surface area contributed by atoms with Gasteiger partial charge in [0.1, 0.15) is 12.1 Å². The highest BCUT2D eigenvalue weighted by molar-refractivity contribution is 5.73. The number of carboxylic acids is 2. The van der Waals surface area contributed by atoms with E-state index in [2.05, 4.69) is 0 Å². The Morgan fingerprint density at radius 2 is 1.54 bits per heavy atom. The molecular formula is C6H14N2O5. The van der Waals surface area contributed by atoms with E-state index in [9.17, 15) is 9.59 Å². The highest BCUT2D eigenvalue weighted by atomic mass is 16.4. The molecule has 0 spiro atoms. The van der Waals surface area contributed by atoms with E-state index in [0.717, 1.165) is 0 Å². The van der Waals surface area contributed by atoms with Crippen molar-refractivity contribution in [2.45, 2.75) is 19.0 Å². The van der Waals surface area contributed by atoms with Crippen molar-refractivity contribution in [3.63, 3.8) is 0 Å². The summed E-state index contributed by atoms with van der Waals surface area (Å²) in [7, 11) is 0. The molecule has 0 saturated carbocycles. The number of carboxylic acid groups (broad SMARTS) is 2. The molecule has 0 bridgehead atoms. The summed E-state index contributed by atoms with van der Waals surface area (Å²) < 4.78 is 0. The Hall–Kier alpha value is -1.18. The molecule has 0 aliphatic carbocycles. The van der Waals surface area contributed by atoms with Crippen LogP contribution in [0.15, 0.2) is 0 Å². The van der Waals surface area contributed by atoms with E-state index in [-0.39, 0.29) is 0 Å². The molecule has 0 unspecified atom stereocenters. The van der Waals surface area contributed by atoms with Gasteiger partial charge in [0.15, 0.2) is 0 Å². The molecule has 0 aliphatic heterocycles. The van der Waals surface area contributed by atoms with E-state index in [0.29, 0.717) is 0 Å². The number of nitrogens with two attached hydrogens (primary N) is 2. The number of aliphatic hydroxyl groups excluding tert-OH is 1. The number of rotatable bonds is 3. The lowest BCUT2D eigenvalue weighted by Gasteiger charge is -1.96. The first-order valence-electron chi connectivity index (χ1n) is 3.40. The Bertz CT molecular complexity index is 170. The maximum atomic E-state index is 9.65. The molecule has 7 N–H and O–H groups in total. The fourth-order valence-electron chi connectivity index (χ4n) is 0.0781. The molecule has 0 aromatic carbocycles. The molecular weight excluding hydrogens is 180 g/mol. The highest BCUT2D eigenvalue weighted by Crippen LogP contribution is 1.71. The van der Waals surface area contributed by atoms with Crippen LogP contribution in [-0.4, -0.2) is 45.9 Å². The van der Waals surface area contributed by atoms with E-state index < -0.39 is 30.6 Å². The lowest BCUT2D eigenvalue weighted by atomic mass is 10.3. The maximum absolute atomic E-state index is 9.65. The van der Waals surface area contributed by atoms with Crippen molar-refractivity contribution < 1.29 is 24.9 Å². The fraction of sp³-hybridized carbons (Fsp3) is 0.667. The van der Waals surface area contributed by atoms with Crippen LogP contribution >= 0.6 is 0 Å². The van der Waals surface area contributed by atoms with Crippen molar-refractivity contribution in [1.82, 2.24) is 0 Å². The smallest absolute Gasteiger partial charge is 0.322 e. The van der Waals surface area contributed by atoms with Gasteiger partial charge in [0, 0.05) is 0 Å². The Morgan fingerprint density at radius 1 is 1.23 bits per heavy atom. The van der Waals surface area contributed by atoms with Crippen LogP contribution in [0.25, 0.3) is 0 Å². The predicted molar refractivity (Wildman–Crippen MR) is 44.0 cm³/mol. The van der Waals surface area contributed by atoms with Gasteiger partial charge in [-0.25, -0.2) is 0 Å². The molecule has 0 radical (unpaired) electrons. The highest BCUT2D eigenvalue weighted by Gasteiger charge is 2.07. The second kappa shape index (κ2) is 7.47. The van der Waals surface area contributed by atoms with E-state index in [4.69, 9.17) is 26.8 Å². The third-order valence-corrected chi connectivity index (χ3v) is 0.903. The third-order valence-electron chi connectivity index (χ3n) is 0.903. The Balaban J connectivity index is 0. The van der Waals surface area contributed by atoms with Gasteiger partial charge in [0.25, 0.3) is 0 Å². The molecule has 0 aromatic rings. The molecule has 0 amide bonds. The largest absolute Gasteiger partial charge is 0.480 e. The molecule has 0 fully saturated rings. The van der Waals surface area contributed by atoms with Crippen molar-refractivity contribution in [2.75, 3.05) is 6.61 Å². The Morgan fingerprint density at radius 3 is 1.54 bits per heavy atom. The van der Waals surface area contributed by atoms with Crippen LogP contribution in [0, 0.1) is 0 Å². The van der Waals surface area contributed by atoms with Crippen LogP contribution < -0.4 is 11.5 Å². The van der Waals surface area contributed by atoms with Gasteiger partial charge in [-0.3, -0.25) is 9.59 Å². The molecule has 0 rings (SSSR count). The van der Waals surface area contributed by atoms with Crippen LogP contribution in [0.3, 0.4) is 0 Å². The van der Waals surface area contributed by atoms with Gasteiger partial charge in [-0.2, -0.15) is 0 Å². The normalized spacial score (nSPS) is 13.5. The zero-order valence-corrected chi connectivity index (χ0v) is 7.17. The minimum absolute atomic E-state index is 0.505. The van der Waals surface area contributed by atoms with E-state index in [1.807, 2.05) is 0 Å². The van der Waals surface area contributed by atoms with Crippen LogP contribution in [0.5, 0.6) is 0 Å². The van der Waals surface area contributed by atoms with Gasteiger partial charge < -0.3 is 26.8 Å². The molecule has 2 atom stereocenters. The van der Waals surface area contributed by atoms with Crippen molar-refractivity contribution in [1.29, 1.82) is 0 Å². The molecule has 0 aliphatic rings. The van der Waals surface area contributed by atoms with Crippen molar-refractivity contribution in [3.05, 3.63) is 0 Å². The zero-order chi connectivity index (χ0) is 11.0. The lowest BCUT2D eigenvalue weighted by Crippen LogP contribution is -2.33. The SMILES string of the molecule is C[C@H](N)C(=O)O.N[C@@H](CO)C(=O)O. The van der Waals surface area contributed by atoms with Crippen molar-refractivity contribution in [3.8, 4) is 0 Å². The first-order valence-corrected chi connectivity index (χ1v) is 3.40. The second-order valence-corrected chi connectivity index (χ2v) is 2.25. The Kier molecular flexibility index (Phi) is 8.24. The van der Waals surface area contributed by atoms with Gasteiger partial charge >= 0.3 is 11.9 Å². The average Bonchev–Trinajstić information content (AvgIpc) is 2.03. The average molecular weight is 194 g/mol. The standard InChI is InChI=1S/C3H7NO3.C3H7NO2/c4-2(1-5)3(6)7;1-2(4)3(5)6/h2,5H,1,4H2,(H,6,7);2H,4H2,1H3,(H,5,6)/t2*2-/m00/s1. The number of aliphatic hydroxyl groups is 1. The van der Waals surface area contributed by atoms with E-state index in [1.54, 1.807) is 0 Å². The summed E-state index contributed by atoms with van der Waals surface area (Å²) in [5.41, 5.74) is 9.60. The summed E-state index contributed by atoms with van der Waals surface area (Å²) in [4.78, 5) is 19.2. The van der Waals surface area contributed by atoms with E-state index >= 15 is 0 Å². The summed E-state index contributed by atoms with van der Waals surface area (Å²) in [5.74, 6) is -2.14. The maximum Gasteiger partial charge on any atom is 0.322 e. The first-order chi connectivity index (χ1) is 5.82. The van der Waals surface area contributed by atoms with Crippen molar-refractivity contribution >= 4 is 11.9 Å². The molecule has 0 saturated heterocycles. The van der Waals surface area contributed by atoms with Gasteiger partial charge in [-0.15, -0.1) is 0 Å².